The van der Waals surface area contributed by atoms with Gasteiger partial charge in [0, 0.05) is 25.4 Å². The van der Waals surface area contributed by atoms with Crippen molar-refractivity contribution in [2.75, 3.05) is 6.54 Å². The first-order valence-corrected chi connectivity index (χ1v) is 6.14. The van der Waals surface area contributed by atoms with Gasteiger partial charge in [0.05, 0.1) is 0 Å². The Balaban J connectivity index is 1.99. The molecule has 90 valence electrons. The largest absolute Gasteiger partial charge is 0.335 e. The predicted molar refractivity (Wildman–Crippen MR) is 69.8 cm³/mol. The third kappa shape index (κ3) is 3.43. The number of aryl methyl sites for hydroxylation is 1. The van der Waals surface area contributed by atoms with Crippen molar-refractivity contribution >= 4 is 0 Å². The molecule has 1 aromatic heterocycles. The van der Waals surface area contributed by atoms with Gasteiger partial charge in [-0.1, -0.05) is 30.3 Å². The predicted octanol–water partition coefficient (Wildman–Crippen LogP) is 2.21. The Hall–Kier alpha value is -1.61. The smallest absolute Gasteiger partial charge is 0.113 e. The molecule has 2 rings (SSSR count). The van der Waals surface area contributed by atoms with E-state index in [1.807, 2.05) is 12.3 Å². The SMILES string of the molecule is NCCCCn1ccnc1Cc1ccccc1. The molecule has 0 saturated heterocycles. The summed E-state index contributed by atoms with van der Waals surface area (Å²) in [7, 11) is 0. The molecule has 17 heavy (non-hydrogen) atoms. The number of hydrogen-bond donors (Lipinski definition) is 1. The Labute approximate surface area is 102 Å². The maximum atomic E-state index is 5.50. The monoisotopic (exact) mass is 229 g/mol. The number of unbranched alkanes of at least 4 members (excludes halogenated alkanes) is 1. The van der Waals surface area contributed by atoms with Gasteiger partial charge < -0.3 is 10.3 Å². The molecule has 2 aromatic rings. The van der Waals surface area contributed by atoms with Gasteiger partial charge in [-0.15, -0.1) is 0 Å². The zero-order valence-corrected chi connectivity index (χ0v) is 10.0. The van der Waals surface area contributed by atoms with E-state index in [1.165, 1.54) is 5.56 Å². The summed E-state index contributed by atoms with van der Waals surface area (Å²) in [5.74, 6) is 1.13. The molecule has 0 fully saturated rings. The highest BCUT2D eigenvalue weighted by Crippen LogP contribution is 2.08. The minimum Gasteiger partial charge on any atom is -0.335 e. The molecule has 0 aliphatic rings. The first kappa shape index (κ1) is 11.9. The second-order valence-electron chi connectivity index (χ2n) is 4.20. The fraction of sp³-hybridized carbons (Fsp3) is 0.357. The lowest BCUT2D eigenvalue weighted by molar-refractivity contribution is 0.595. The average molecular weight is 229 g/mol. The molecule has 3 nitrogen and oxygen atoms in total. The van der Waals surface area contributed by atoms with Crippen LogP contribution in [0.15, 0.2) is 42.7 Å². The van der Waals surface area contributed by atoms with Gasteiger partial charge in [0.25, 0.3) is 0 Å². The summed E-state index contributed by atoms with van der Waals surface area (Å²) in [6.07, 6.45) is 7.02. The molecule has 0 saturated carbocycles. The van der Waals surface area contributed by atoms with Crippen LogP contribution >= 0.6 is 0 Å². The van der Waals surface area contributed by atoms with Crippen LogP contribution < -0.4 is 5.73 Å². The van der Waals surface area contributed by atoms with Crippen LogP contribution in [0.4, 0.5) is 0 Å². The van der Waals surface area contributed by atoms with Crippen LogP contribution in [0, 0.1) is 0 Å². The van der Waals surface area contributed by atoms with E-state index >= 15 is 0 Å². The molecule has 0 radical (unpaired) electrons. The number of benzene rings is 1. The van der Waals surface area contributed by atoms with Crippen LogP contribution in [0.25, 0.3) is 0 Å². The highest BCUT2D eigenvalue weighted by Gasteiger charge is 2.03. The number of rotatable bonds is 6. The van der Waals surface area contributed by atoms with Crippen LogP contribution in [0.2, 0.25) is 0 Å². The number of nitrogens with two attached hydrogens (primary N) is 1. The van der Waals surface area contributed by atoms with Crippen LogP contribution in [0.5, 0.6) is 0 Å². The summed E-state index contributed by atoms with van der Waals surface area (Å²) in [4.78, 5) is 4.42. The Morgan fingerprint density at radius 2 is 1.94 bits per heavy atom. The molecular weight excluding hydrogens is 210 g/mol. The molecule has 3 heteroatoms. The zero-order valence-electron chi connectivity index (χ0n) is 10.0. The van der Waals surface area contributed by atoms with Crippen molar-refractivity contribution in [2.24, 2.45) is 5.73 Å². The average Bonchev–Trinajstić information content (AvgIpc) is 2.79. The highest BCUT2D eigenvalue weighted by atomic mass is 15.1. The van der Waals surface area contributed by atoms with Crippen molar-refractivity contribution in [1.29, 1.82) is 0 Å². The van der Waals surface area contributed by atoms with Gasteiger partial charge in [-0.05, 0) is 24.9 Å². The van der Waals surface area contributed by atoms with Crippen molar-refractivity contribution in [3.05, 3.63) is 54.1 Å². The van der Waals surface area contributed by atoms with Crippen molar-refractivity contribution in [2.45, 2.75) is 25.8 Å². The number of hydrogen-bond acceptors (Lipinski definition) is 2. The quantitative estimate of drug-likeness (QED) is 0.772. The Morgan fingerprint density at radius 3 is 2.71 bits per heavy atom. The zero-order chi connectivity index (χ0) is 11.9. The molecule has 0 aliphatic carbocycles. The van der Waals surface area contributed by atoms with E-state index in [0.717, 1.165) is 38.2 Å². The molecule has 0 amide bonds. The maximum absolute atomic E-state index is 5.50. The third-order valence-electron chi connectivity index (χ3n) is 2.86. The Bertz CT molecular complexity index is 434. The summed E-state index contributed by atoms with van der Waals surface area (Å²) < 4.78 is 2.22. The fourth-order valence-electron chi connectivity index (χ4n) is 1.92. The summed E-state index contributed by atoms with van der Waals surface area (Å²) in [6, 6.07) is 10.4. The van der Waals surface area contributed by atoms with E-state index in [1.54, 1.807) is 0 Å². The van der Waals surface area contributed by atoms with Gasteiger partial charge in [-0.3, -0.25) is 0 Å². The highest BCUT2D eigenvalue weighted by molar-refractivity contribution is 5.19. The van der Waals surface area contributed by atoms with Crippen LogP contribution in [-0.4, -0.2) is 16.1 Å². The lowest BCUT2D eigenvalue weighted by Gasteiger charge is -2.07. The lowest BCUT2D eigenvalue weighted by Crippen LogP contribution is -2.06. The maximum Gasteiger partial charge on any atom is 0.113 e. The van der Waals surface area contributed by atoms with Crippen molar-refractivity contribution < 1.29 is 0 Å². The van der Waals surface area contributed by atoms with Gasteiger partial charge in [-0.25, -0.2) is 4.98 Å². The van der Waals surface area contributed by atoms with Crippen LogP contribution in [0.3, 0.4) is 0 Å². The Morgan fingerprint density at radius 1 is 1.12 bits per heavy atom. The van der Waals surface area contributed by atoms with Crippen LogP contribution in [0.1, 0.15) is 24.2 Å². The minimum absolute atomic E-state index is 0.767. The molecular formula is C14H19N3. The topological polar surface area (TPSA) is 43.8 Å². The lowest BCUT2D eigenvalue weighted by atomic mass is 10.1. The summed E-state index contributed by atoms with van der Waals surface area (Å²) in [5, 5.41) is 0. The van der Waals surface area contributed by atoms with Gasteiger partial charge >= 0.3 is 0 Å². The van der Waals surface area contributed by atoms with Gasteiger partial charge in [0.2, 0.25) is 0 Å². The number of aromatic nitrogens is 2. The molecule has 1 aromatic carbocycles. The molecule has 0 atom stereocenters. The van der Waals surface area contributed by atoms with Gasteiger partial charge in [0.15, 0.2) is 0 Å². The molecule has 2 N–H and O–H groups in total. The molecule has 0 aliphatic heterocycles. The van der Waals surface area contributed by atoms with Gasteiger partial charge in [-0.2, -0.15) is 0 Å². The second kappa shape index (κ2) is 6.21. The van der Waals surface area contributed by atoms with E-state index < -0.39 is 0 Å². The minimum atomic E-state index is 0.767. The molecule has 0 spiro atoms. The molecule has 0 bridgehead atoms. The van der Waals surface area contributed by atoms with Crippen molar-refractivity contribution in [1.82, 2.24) is 9.55 Å². The standard InChI is InChI=1S/C14H19N3/c15-8-4-5-10-17-11-9-16-14(17)12-13-6-2-1-3-7-13/h1-3,6-7,9,11H,4-5,8,10,12,15H2. The summed E-state index contributed by atoms with van der Waals surface area (Å²) in [6.45, 7) is 1.78. The summed E-state index contributed by atoms with van der Waals surface area (Å²) >= 11 is 0. The number of nitrogens with zero attached hydrogens (tertiary/aromatic N) is 2. The Kier molecular flexibility index (Phi) is 4.33. The molecule has 0 unspecified atom stereocenters. The van der Waals surface area contributed by atoms with Gasteiger partial charge in [0.1, 0.15) is 5.82 Å². The van der Waals surface area contributed by atoms with E-state index in [9.17, 15) is 0 Å². The third-order valence-corrected chi connectivity index (χ3v) is 2.86. The first-order chi connectivity index (χ1) is 8.40. The van der Waals surface area contributed by atoms with Crippen LogP contribution in [-0.2, 0) is 13.0 Å². The normalized spacial score (nSPS) is 10.6. The van der Waals surface area contributed by atoms with E-state index in [-0.39, 0.29) is 0 Å². The summed E-state index contributed by atoms with van der Waals surface area (Å²) in [5.41, 5.74) is 6.81. The van der Waals surface area contributed by atoms with E-state index in [2.05, 4.69) is 40.0 Å². The van der Waals surface area contributed by atoms with E-state index in [4.69, 9.17) is 5.73 Å². The molecule has 1 heterocycles. The van der Waals surface area contributed by atoms with Crippen molar-refractivity contribution in [3.63, 3.8) is 0 Å². The number of imidazole rings is 1. The van der Waals surface area contributed by atoms with E-state index in [0.29, 0.717) is 0 Å². The second-order valence-corrected chi connectivity index (χ2v) is 4.20. The first-order valence-electron chi connectivity index (χ1n) is 6.14. The van der Waals surface area contributed by atoms with Crippen molar-refractivity contribution in [3.8, 4) is 0 Å². The fourth-order valence-corrected chi connectivity index (χ4v) is 1.92.